The Morgan fingerprint density at radius 3 is 2.40 bits per heavy atom. The molecule has 57 heavy (non-hydrogen) atoms. The number of hydrogen-bond acceptors (Lipinski definition) is 8. The molecule has 1 fully saturated rings. The molecular formula is C41H45ClF3N7O5. The van der Waals surface area contributed by atoms with E-state index in [1.165, 1.54) is 10.8 Å². The highest BCUT2D eigenvalue weighted by molar-refractivity contribution is 6.44. The molecule has 1 aliphatic carbocycles. The van der Waals surface area contributed by atoms with Gasteiger partial charge in [-0.3, -0.25) is 19.0 Å². The van der Waals surface area contributed by atoms with Crippen LogP contribution < -0.4 is 21.4 Å². The molecule has 0 unspecified atom stereocenters. The minimum absolute atomic E-state index is 0.105. The molecule has 3 heterocycles. The average Bonchev–Trinajstić information content (AvgIpc) is 3.16. The highest BCUT2D eigenvalue weighted by atomic mass is 35.5. The highest BCUT2D eigenvalue weighted by Gasteiger charge is 2.39. The topological polar surface area (TPSA) is 134 Å². The third-order valence-corrected chi connectivity index (χ3v) is 10.9. The second-order valence-electron chi connectivity index (χ2n) is 14.3. The van der Waals surface area contributed by atoms with Gasteiger partial charge in [0.05, 0.1) is 40.9 Å². The van der Waals surface area contributed by atoms with Crippen LogP contribution in [0.15, 0.2) is 69.7 Å². The zero-order chi connectivity index (χ0) is 41.3. The zero-order valence-electron chi connectivity index (χ0n) is 32.4. The number of carbonyl (C=O) groups is 2. The summed E-state index contributed by atoms with van der Waals surface area (Å²) < 4.78 is 49.9. The van der Waals surface area contributed by atoms with Gasteiger partial charge in [-0.05, 0) is 73.4 Å². The molecule has 0 bridgehead atoms. The number of nitrogens with one attached hydrogen (secondary N) is 1. The predicted octanol–water partition coefficient (Wildman–Crippen LogP) is 5.89. The average molecular weight is 808 g/mol. The lowest BCUT2D eigenvalue weighted by Crippen LogP contribution is -2.54. The number of piperazine rings is 1. The summed E-state index contributed by atoms with van der Waals surface area (Å²) >= 11 is 6.39. The van der Waals surface area contributed by atoms with Crippen LogP contribution in [0.25, 0.3) is 5.70 Å². The van der Waals surface area contributed by atoms with Crippen molar-refractivity contribution in [3.05, 3.63) is 115 Å². The van der Waals surface area contributed by atoms with Gasteiger partial charge >= 0.3 is 6.18 Å². The lowest BCUT2D eigenvalue weighted by atomic mass is 9.83. The minimum atomic E-state index is -4.59. The Labute approximate surface area is 332 Å². The summed E-state index contributed by atoms with van der Waals surface area (Å²) in [6.07, 6.45) is -1.95. The van der Waals surface area contributed by atoms with Gasteiger partial charge in [-0.25, -0.2) is 9.98 Å². The molecule has 16 heteroatoms. The summed E-state index contributed by atoms with van der Waals surface area (Å²) in [7, 11) is 1.55. The molecule has 2 aromatic carbocycles. The van der Waals surface area contributed by atoms with Gasteiger partial charge in [0, 0.05) is 45.0 Å². The van der Waals surface area contributed by atoms with Crippen LogP contribution in [-0.2, 0) is 66.4 Å². The molecular weight excluding hydrogens is 763 g/mol. The number of aliphatic hydroxyl groups is 1. The van der Waals surface area contributed by atoms with E-state index in [2.05, 4.69) is 23.5 Å². The van der Waals surface area contributed by atoms with Crippen LogP contribution in [-0.4, -0.2) is 69.5 Å². The standard InChI is InChI=1S/C41H45ClF3N7O5/c1-7-32-36(50-15-17-51(18-16-50)38(55)35(46-8-2)37(54)23(3)4)39(56)49(6)40(47-24(5)26-11-9-10-25-22-57-19-14-27(25)26)52(32)21-33(53)48-34-29-13-12-28(29)30(20-31(34)42)41(43,44)45/h8-11,20,54H,2,5,7,12-19,21-22H2,1,3-4,6H3,(H,48,53). The Balaban J connectivity index is 1.41. The van der Waals surface area contributed by atoms with Crippen molar-refractivity contribution < 1.29 is 32.6 Å². The Bertz CT molecular complexity index is 2370. The van der Waals surface area contributed by atoms with E-state index in [1.54, 1.807) is 30.4 Å². The molecule has 0 atom stereocenters. The number of benzene rings is 2. The van der Waals surface area contributed by atoms with Crippen molar-refractivity contribution in [2.45, 2.75) is 65.8 Å². The molecule has 0 saturated carbocycles. The second-order valence-corrected chi connectivity index (χ2v) is 14.7. The first-order valence-corrected chi connectivity index (χ1v) is 19.0. The van der Waals surface area contributed by atoms with Crippen LogP contribution in [0.5, 0.6) is 0 Å². The molecule has 3 aromatic rings. The van der Waals surface area contributed by atoms with Crippen LogP contribution in [0.2, 0.25) is 5.02 Å². The normalized spacial score (nSPS) is 15.7. The Kier molecular flexibility index (Phi) is 12.0. The SMILES string of the molecule is C=CN=C(C(=O)N1CCN(c2c(CC)n(CC(=O)Nc3c(Cl)cc(C(F)(F)F)c4c3CC4)c(=NC(=C)c3cccc4c3CCOC4)n(C)c2=O)CC1)C(O)=C(C)C. The summed E-state index contributed by atoms with van der Waals surface area (Å²) in [6, 6.07) is 6.60. The van der Waals surface area contributed by atoms with Crippen molar-refractivity contribution >= 4 is 46.2 Å². The first kappa shape index (κ1) is 41.2. The molecule has 6 rings (SSSR count). The molecule has 302 valence electrons. The van der Waals surface area contributed by atoms with Crippen LogP contribution in [0, 0.1) is 0 Å². The number of aromatic nitrogens is 2. The number of aliphatic hydroxyl groups excluding tert-OH is 1. The van der Waals surface area contributed by atoms with E-state index in [4.69, 9.17) is 21.3 Å². The van der Waals surface area contributed by atoms with E-state index < -0.39 is 23.6 Å². The largest absolute Gasteiger partial charge is 0.506 e. The molecule has 12 nitrogen and oxygen atoms in total. The molecule has 1 saturated heterocycles. The maximum Gasteiger partial charge on any atom is 0.416 e. The van der Waals surface area contributed by atoms with Crippen molar-refractivity contribution in [1.29, 1.82) is 0 Å². The van der Waals surface area contributed by atoms with Crippen molar-refractivity contribution in [2.75, 3.05) is 43.0 Å². The Hall–Kier alpha value is -5.41. The van der Waals surface area contributed by atoms with Crippen LogP contribution in [0.1, 0.15) is 59.8 Å². The summed E-state index contributed by atoms with van der Waals surface area (Å²) in [6.45, 7) is 14.5. The van der Waals surface area contributed by atoms with Crippen molar-refractivity contribution in [3.8, 4) is 0 Å². The Morgan fingerprint density at radius 1 is 1.09 bits per heavy atom. The number of aliphatic imine (C=N–C) groups is 1. The van der Waals surface area contributed by atoms with Crippen molar-refractivity contribution in [2.24, 2.45) is 17.0 Å². The van der Waals surface area contributed by atoms with Crippen LogP contribution >= 0.6 is 11.6 Å². The van der Waals surface area contributed by atoms with Crippen LogP contribution in [0.3, 0.4) is 0 Å². The number of carbonyl (C=O) groups excluding carboxylic acids is 2. The van der Waals surface area contributed by atoms with Gasteiger partial charge in [0.2, 0.25) is 11.5 Å². The first-order chi connectivity index (χ1) is 27.1. The lowest BCUT2D eigenvalue weighted by molar-refractivity contribution is -0.138. The van der Waals surface area contributed by atoms with Gasteiger partial charge in [-0.2, -0.15) is 13.2 Å². The number of fused-ring (bicyclic) bond motifs is 2. The number of rotatable bonds is 10. The number of hydrogen-bond donors (Lipinski definition) is 2. The quantitative estimate of drug-likeness (QED) is 0.194. The minimum Gasteiger partial charge on any atom is -0.506 e. The number of amides is 2. The fourth-order valence-corrected chi connectivity index (χ4v) is 7.84. The number of allylic oxidation sites excluding steroid dienone is 1. The number of halogens is 4. The van der Waals surface area contributed by atoms with Gasteiger partial charge in [0.25, 0.3) is 11.5 Å². The number of anilines is 2. The number of nitrogens with zero attached hydrogens (tertiary/aromatic N) is 6. The van der Waals surface area contributed by atoms with E-state index >= 15 is 0 Å². The fraction of sp³-hybridized carbons (Fsp3) is 0.390. The molecule has 0 radical (unpaired) electrons. The maximum absolute atomic E-state index is 14.4. The van der Waals surface area contributed by atoms with Crippen molar-refractivity contribution in [1.82, 2.24) is 14.0 Å². The lowest BCUT2D eigenvalue weighted by Gasteiger charge is -2.37. The van der Waals surface area contributed by atoms with Crippen molar-refractivity contribution in [3.63, 3.8) is 0 Å². The fourth-order valence-electron chi connectivity index (χ4n) is 7.57. The third kappa shape index (κ3) is 8.08. The first-order valence-electron chi connectivity index (χ1n) is 18.6. The number of ether oxygens (including phenoxy) is 1. The van der Waals surface area contributed by atoms with Gasteiger partial charge in [0.1, 0.15) is 18.0 Å². The molecule has 0 spiro atoms. The van der Waals surface area contributed by atoms with E-state index in [-0.39, 0.29) is 84.5 Å². The summed E-state index contributed by atoms with van der Waals surface area (Å²) in [5.74, 6) is -1.31. The van der Waals surface area contributed by atoms with E-state index in [0.717, 1.165) is 22.8 Å². The highest BCUT2D eigenvalue weighted by Crippen LogP contribution is 2.44. The van der Waals surface area contributed by atoms with E-state index in [1.807, 2.05) is 30.0 Å². The molecule has 1 aromatic heterocycles. The summed E-state index contributed by atoms with van der Waals surface area (Å²) in [5.41, 5.74) is 3.84. The smallest absolute Gasteiger partial charge is 0.416 e. The zero-order valence-corrected chi connectivity index (χ0v) is 33.1. The summed E-state index contributed by atoms with van der Waals surface area (Å²) in [5, 5.41) is 13.1. The van der Waals surface area contributed by atoms with Gasteiger partial charge in [-0.1, -0.05) is 49.9 Å². The monoisotopic (exact) mass is 807 g/mol. The van der Waals surface area contributed by atoms with Gasteiger partial charge < -0.3 is 29.5 Å². The molecule has 2 amide bonds. The molecule has 2 aliphatic heterocycles. The number of alkyl halides is 3. The van der Waals surface area contributed by atoms with Gasteiger partial charge in [-0.15, -0.1) is 0 Å². The predicted molar refractivity (Wildman–Crippen MR) is 213 cm³/mol. The van der Waals surface area contributed by atoms with E-state index in [9.17, 15) is 32.7 Å². The molecule has 2 N–H and O–H groups in total. The molecule has 3 aliphatic rings. The third-order valence-electron chi connectivity index (χ3n) is 10.6. The Morgan fingerprint density at radius 2 is 1.79 bits per heavy atom. The maximum atomic E-state index is 14.4. The van der Waals surface area contributed by atoms with Crippen LogP contribution in [0.4, 0.5) is 24.5 Å². The van der Waals surface area contributed by atoms with Gasteiger partial charge in [0.15, 0.2) is 5.71 Å². The van der Waals surface area contributed by atoms with E-state index in [0.29, 0.717) is 54.3 Å². The summed E-state index contributed by atoms with van der Waals surface area (Å²) in [4.78, 5) is 54.2. The second kappa shape index (κ2) is 16.6.